The molecule has 0 aliphatic heterocycles. The fourth-order valence-corrected chi connectivity index (χ4v) is 3.92. The monoisotopic (exact) mass is 440 g/mol. The van der Waals surface area contributed by atoms with Gasteiger partial charge >= 0.3 is 0 Å². The number of aryl methyl sites for hydroxylation is 1. The van der Waals surface area contributed by atoms with Crippen LogP contribution in [-0.2, 0) is 11.5 Å². The van der Waals surface area contributed by atoms with Gasteiger partial charge in [0.2, 0.25) is 0 Å². The summed E-state index contributed by atoms with van der Waals surface area (Å²) in [6.07, 6.45) is 1.60. The quantitative estimate of drug-likeness (QED) is 0.296. The highest BCUT2D eigenvalue weighted by molar-refractivity contribution is 6.76. The standard InChI is InChI=1S/C20H23Cl2FN2O2Si/c1-13-5-6-14(11-15(13)23)27-16-7-8-24-20-17(16)18(21)19(22)25(20)12-26-9-10-28(2,3)4/h5-8,11H,9-10,12H2,1-4H3. The number of aromatic nitrogens is 2. The van der Waals surface area contributed by atoms with E-state index in [2.05, 4.69) is 24.6 Å². The van der Waals surface area contributed by atoms with Gasteiger partial charge in [-0.3, -0.25) is 4.57 Å². The Morgan fingerprint density at radius 2 is 1.93 bits per heavy atom. The van der Waals surface area contributed by atoms with E-state index in [1.165, 1.54) is 6.07 Å². The van der Waals surface area contributed by atoms with Crippen LogP contribution in [-0.4, -0.2) is 24.2 Å². The van der Waals surface area contributed by atoms with E-state index in [-0.39, 0.29) is 12.5 Å². The summed E-state index contributed by atoms with van der Waals surface area (Å²) in [4.78, 5) is 4.39. The highest BCUT2D eigenvalue weighted by Gasteiger charge is 2.20. The van der Waals surface area contributed by atoms with Crippen LogP contribution < -0.4 is 4.74 Å². The number of nitrogens with zero attached hydrogens (tertiary/aromatic N) is 2. The lowest BCUT2D eigenvalue weighted by atomic mass is 10.2. The van der Waals surface area contributed by atoms with Crippen molar-refractivity contribution in [1.29, 1.82) is 0 Å². The molecule has 4 nitrogen and oxygen atoms in total. The van der Waals surface area contributed by atoms with Crippen molar-refractivity contribution in [2.45, 2.75) is 39.3 Å². The smallest absolute Gasteiger partial charge is 0.148 e. The van der Waals surface area contributed by atoms with Crippen molar-refractivity contribution in [3.8, 4) is 11.5 Å². The van der Waals surface area contributed by atoms with Crippen molar-refractivity contribution < 1.29 is 13.9 Å². The van der Waals surface area contributed by atoms with E-state index in [1.807, 2.05) is 0 Å². The van der Waals surface area contributed by atoms with Crippen LogP contribution in [0, 0.1) is 12.7 Å². The number of benzene rings is 1. The number of hydrogen-bond donors (Lipinski definition) is 0. The Labute approximate surface area is 175 Å². The Bertz CT molecular complexity index is 1000. The van der Waals surface area contributed by atoms with E-state index in [0.29, 0.717) is 44.9 Å². The zero-order valence-corrected chi connectivity index (χ0v) is 18.9. The van der Waals surface area contributed by atoms with Gasteiger partial charge in [0.15, 0.2) is 0 Å². The topological polar surface area (TPSA) is 36.3 Å². The average molecular weight is 441 g/mol. The first-order valence-electron chi connectivity index (χ1n) is 9.01. The Hall–Kier alpha value is -1.60. The van der Waals surface area contributed by atoms with Gasteiger partial charge in [-0.15, -0.1) is 0 Å². The van der Waals surface area contributed by atoms with Crippen LogP contribution in [0.25, 0.3) is 11.0 Å². The molecule has 0 aliphatic carbocycles. The molecule has 8 heteroatoms. The molecule has 0 aliphatic rings. The number of rotatable bonds is 7. The molecule has 28 heavy (non-hydrogen) atoms. The molecule has 0 bridgehead atoms. The summed E-state index contributed by atoms with van der Waals surface area (Å²) < 4.78 is 27.2. The lowest BCUT2D eigenvalue weighted by Gasteiger charge is -2.16. The van der Waals surface area contributed by atoms with E-state index in [9.17, 15) is 4.39 Å². The highest BCUT2D eigenvalue weighted by atomic mass is 35.5. The molecule has 0 amide bonds. The molecule has 0 spiro atoms. The fraction of sp³-hybridized carbons (Fsp3) is 0.350. The number of pyridine rings is 1. The third-order valence-electron chi connectivity index (χ3n) is 4.37. The second-order valence-corrected chi connectivity index (χ2v) is 14.3. The summed E-state index contributed by atoms with van der Waals surface area (Å²) in [5.74, 6) is 0.503. The molecule has 0 N–H and O–H groups in total. The van der Waals surface area contributed by atoms with Crippen molar-refractivity contribution in [2.75, 3.05) is 6.61 Å². The van der Waals surface area contributed by atoms with Gasteiger partial charge in [-0.25, -0.2) is 9.37 Å². The maximum absolute atomic E-state index is 13.8. The predicted octanol–water partition coefficient (Wildman–Crippen LogP) is 6.90. The summed E-state index contributed by atoms with van der Waals surface area (Å²) in [7, 11) is -1.18. The summed E-state index contributed by atoms with van der Waals surface area (Å²) in [5, 5.41) is 1.24. The Morgan fingerprint density at radius 1 is 1.18 bits per heavy atom. The Morgan fingerprint density at radius 3 is 2.61 bits per heavy atom. The first-order chi connectivity index (χ1) is 13.2. The molecular formula is C20H23Cl2FN2O2Si. The van der Waals surface area contributed by atoms with Crippen molar-refractivity contribution in [2.24, 2.45) is 0 Å². The second kappa shape index (κ2) is 8.41. The molecule has 1 aromatic carbocycles. The van der Waals surface area contributed by atoms with Gasteiger partial charge in [0.1, 0.15) is 34.8 Å². The summed E-state index contributed by atoms with van der Waals surface area (Å²) in [5.41, 5.74) is 1.11. The lowest BCUT2D eigenvalue weighted by Crippen LogP contribution is -2.22. The van der Waals surface area contributed by atoms with E-state index in [0.717, 1.165) is 6.04 Å². The molecule has 150 valence electrons. The van der Waals surface area contributed by atoms with Crippen LogP contribution in [0.15, 0.2) is 30.5 Å². The minimum absolute atomic E-state index is 0.252. The van der Waals surface area contributed by atoms with E-state index >= 15 is 0 Å². The summed E-state index contributed by atoms with van der Waals surface area (Å²) in [6, 6.07) is 7.44. The molecule has 0 unspecified atom stereocenters. The number of fused-ring (bicyclic) bond motifs is 1. The van der Waals surface area contributed by atoms with E-state index in [4.69, 9.17) is 32.7 Å². The Balaban J connectivity index is 1.88. The highest BCUT2D eigenvalue weighted by Crippen LogP contribution is 2.40. The molecule has 0 atom stereocenters. The molecule has 0 fully saturated rings. The summed E-state index contributed by atoms with van der Waals surface area (Å²) in [6.45, 7) is 9.49. The van der Waals surface area contributed by atoms with Crippen LogP contribution in [0.5, 0.6) is 11.5 Å². The van der Waals surface area contributed by atoms with Crippen LogP contribution >= 0.6 is 23.2 Å². The molecule has 2 heterocycles. The minimum Gasteiger partial charge on any atom is -0.456 e. The molecule has 0 radical (unpaired) electrons. The van der Waals surface area contributed by atoms with Crippen molar-refractivity contribution in [1.82, 2.24) is 9.55 Å². The van der Waals surface area contributed by atoms with Crippen molar-refractivity contribution >= 4 is 42.3 Å². The van der Waals surface area contributed by atoms with Crippen molar-refractivity contribution in [3.63, 3.8) is 0 Å². The van der Waals surface area contributed by atoms with Gasteiger partial charge < -0.3 is 9.47 Å². The third-order valence-corrected chi connectivity index (χ3v) is 6.94. The van der Waals surface area contributed by atoms with Gasteiger partial charge in [0.05, 0.1) is 10.4 Å². The number of ether oxygens (including phenoxy) is 2. The molecule has 3 aromatic rings. The van der Waals surface area contributed by atoms with Crippen molar-refractivity contribution in [3.05, 3.63) is 52.0 Å². The molecule has 0 saturated heterocycles. The average Bonchev–Trinajstić information content (AvgIpc) is 2.86. The molecule has 2 aromatic heterocycles. The van der Waals surface area contributed by atoms with E-state index < -0.39 is 8.07 Å². The lowest BCUT2D eigenvalue weighted by molar-refractivity contribution is 0.0901. The fourth-order valence-electron chi connectivity index (χ4n) is 2.66. The predicted molar refractivity (Wildman–Crippen MR) is 115 cm³/mol. The van der Waals surface area contributed by atoms with Crippen LogP contribution in [0.3, 0.4) is 0 Å². The van der Waals surface area contributed by atoms with Gasteiger partial charge in [0, 0.05) is 26.9 Å². The first-order valence-corrected chi connectivity index (χ1v) is 13.5. The zero-order chi connectivity index (χ0) is 20.5. The molecule has 0 saturated carbocycles. The third kappa shape index (κ3) is 4.68. The summed E-state index contributed by atoms with van der Waals surface area (Å²) >= 11 is 12.9. The van der Waals surface area contributed by atoms with Gasteiger partial charge in [-0.05, 0) is 30.7 Å². The molecule has 3 rings (SSSR count). The van der Waals surface area contributed by atoms with Crippen LogP contribution in [0.4, 0.5) is 4.39 Å². The van der Waals surface area contributed by atoms with Crippen LogP contribution in [0.1, 0.15) is 5.56 Å². The number of halogens is 3. The number of hydrogen-bond acceptors (Lipinski definition) is 3. The first kappa shape index (κ1) is 21.1. The minimum atomic E-state index is -1.18. The zero-order valence-electron chi connectivity index (χ0n) is 16.4. The largest absolute Gasteiger partial charge is 0.456 e. The van der Waals surface area contributed by atoms with Gasteiger partial charge in [-0.2, -0.15) is 0 Å². The van der Waals surface area contributed by atoms with Crippen LogP contribution in [0.2, 0.25) is 35.9 Å². The van der Waals surface area contributed by atoms with Gasteiger partial charge in [0.25, 0.3) is 0 Å². The molecular weight excluding hydrogens is 418 g/mol. The second-order valence-electron chi connectivity index (χ2n) is 7.90. The Kier molecular flexibility index (Phi) is 6.34. The maximum atomic E-state index is 13.8. The normalized spacial score (nSPS) is 12.0. The van der Waals surface area contributed by atoms with E-state index in [1.54, 1.807) is 35.9 Å². The van der Waals surface area contributed by atoms with Gasteiger partial charge in [-0.1, -0.05) is 48.9 Å². The maximum Gasteiger partial charge on any atom is 0.148 e. The SMILES string of the molecule is Cc1ccc(Oc2ccnc3c2c(Cl)c(Cl)n3COCC[Si](C)(C)C)cc1F.